The van der Waals surface area contributed by atoms with E-state index >= 15 is 0 Å². The molecule has 2 heterocycles. The quantitative estimate of drug-likeness (QED) is 0.536. The summed E-state index contributed by atoms with van der Waals surface area (Å²) in [6, 6.07) is -0.369. The number of hydrogen-bond acceptors (Lipinski definition) is 8. The first-order chi connectivity index (χ1) is 11.2. The topological polar surface area (TPSA) is 123 Å². The Balaban J connectivity index is 1.98. The number of sulfonamides is 2. The van der Waals surface area contributed by atoms with E-state index in [4.69, 9.17) is 9.26 Å². The average Bonchev–Trinajstić information content (AvgIpc) is 2.87. The van der Waals surface area contributed by atoms with E-state index in [-0.39, 0.29) is 44.5 Å². The van der Waals surface area contributed by atoms with Crippen LogP contribution >= 0.6 is 0 Å². The van der Waals surface area contributed by atoms with E-state index in [2.05, 4.69) is 10.1 Å². The van der Waals surface area contributed by atoms with Crippen LogP contribution in [-0.2, 0) is 37.8 Å². The molecule has 0 bridgehead atoms. The lowest BCUT2D eigenvalue weighted by Crippen LogP contribution is -2.62. The fourth-order valence-electron chi connectivity index (χ4n) is 2.41. The van der Waals surface area contributed by atoms with Gasteiger partial charge in [0, 0.05) is 33.2 Å². The second-order valence-electron chi connectivity index (χ2n) is 5.53. The SMILES string of the molecule is CCS(=O)(=O)N1CC(N(CCc2noc(COC)n2)S(C)(=O)=O)C1. The zero-order chi connectivity index (χ0) is 18.0. The Morgan fingerprint density at radius 2 is 2.00 bits per heavy atom. The van der Waals surface area contributed by atoms with Crippen LogP contribution in [0.5, 0.6) is 0 Å². The van der Waals surface area contributed by atoms with Gasteiger partial charge in [-0.1, -0.05) is 5.16 Å². The van der Waals surface area contributed by atoms with Crippen LogP contribution in [0.1, 0.15) is 18.6 Å². The van der Waals surface area contributed by atoms with Crippen molar-refractivity contribution in [2.75, 3.05) is 38.8 Å². The normalized spacial score (nSPS) is 17.3. The van der Waals surface area contributed by atoms with E-state index in [1.165, 1.54) is 15.7 Å². The van der Waals surface area contributed by atoms with Crippen LogP contribution in [0.4, 0.5) is 0 Å². The lowest BCUT2D eigenvalue weighted by molar-refractivity contribution is 0.151. The first-order valence-corrected chi connectivity index (χ1v) is 10.9. The summed E-state index contributed by atoms with van der Waals surface area (Å²) in [4.78, 5) is 4.09. The molecule has 0 aliphatic carbocycles. The molecular weight excluding hydrogens is 360 g/mol. The molecule has 0 unspecified atom stereocenters. The molecule has 138 valence electrons. The predicted molar refractivity (Wildman–Crippen MR) is 85.1 cm³/mol. The highest BCUT2D eigenvalue weighted by atomic mass is 32.2. The average molecular weight is 382 g/mol. The van der Waals surface area contributed by atoms with Crippen LogP contribution in [0.2, 0.25) is 0 Å². The minimum atomic E-state index is -3.47. The summed E-state index contributed by atoms with van der Waals surface area (Å²) in [5.41, 5.74) is 0. The second-order valence-corrected chi connectivity index (χ2v) is 9.73. The Bertz CT molecular complexity index is 754. The Morgan fingerprint density at radius 3 is 2.54 bits per heavy atom. The van der Waals surface area contributed by atoms with E-state index in [0.29, 0.717) is 11.7 Å². The fourth-order valence-corrected chi connectivity index (χ4v) is 4.67. The smallest absolute Gasteiger partial charge is 0.252 e. The molecule has 12 heteroatoms. The first-order valence-electron chi connectivity index (χ1n) is 7.42. The predicted octanol–water partition coefficient (Wildman–Crippen LogP) is -0.946. The van der Waals surface area contributed by atoms with Crippen LogP contribution in [0, 0.1) is 0 Å². The van der Waals surface area contributed by atoms with Gasteiger partial charge in [-0.2, -0.15) is 13.6 Å². The van der Waals surface area contributed by atoms with Crippen LogP contribution in [0.3, 0.4) is 0 Å². The standard InChI is InChI=1S/C12H22N4O6S2/c1-4-24(19,20)15-7-10(8-15)16(23(3,17)18)6-5-11-13-12(9-21-2)22-14-11/h10H,4-9H2,1-3H3. The molecule has 0 radical (unpaired) electrons. The molecule has 0 spiro atoms. The number of ether oxygens (including phenoxy) is 1. The molecule has 24 heavy (non-hydrogen) atoms. The Labute approximate surface area is 141 Å². The maximum absolute atomic E-state index is 12.0. The van der Waals surface area contributed by atoms with Crippen LogP contribution in [0.15, 0.2) is 4.52 Å². The maximum atomic E-state index is 12.0. The molecule has 2 rings (SSSR count). The van der Waals surface area contributed by atoms with E-state index in [9.17, 15) is 16.8 Å². The number of hydrogen-bond donors (Lipinski definition) is 0. The third-order valence-corrected chi connectivity index (χ3v) is 6.90. The van der Waals surface area contributed by atoms with Crippen LogP contribution < -0.4 is 0 Å². The van der Waals surface area contributed by atoms with Gasteiger partial charge in [-0.05, 0) is 6.92 Å². The summed E-state index contributed by atoms with van der Waals surface area (Å²) >= 11 is 0. The molecule has 0 saturated carbocycles. The molecule has 0 aromatic carbocycles. The van der Waals surface area contributed by atoms with E-state index in [1.807, 2.05) is 0 Å². The van der Waals surface area contributed by atoms with E-state index in [0.717, 1.165) is 6.26 Å². The molecule has 1 saturated heterocycles. The fraction of sp³-hybridized carbons (Fsp3) is 0.833. The van der Waals surface area contributed by atoms with Gasteiger partial charge in [-0.25, -0.2) is 16.8 Å². The van der Waals surface area contributed by atoms with E-state index in [1.54, 1.807) is 6.92 Å². The largest absolute Gasteiger partial charge is 0.375 e. The highest BCUT2D eigenvalue weighted by molar-refractivity contribution is 7.89. The zero-order valence-electron chi connectivity index (χ0n) is 13.9. The van der Waals surface area contributed by atoms with Crippen molar-refractivity contribution in [2.24, 2.45) is 0 Å². The second kappa shape index (κ2) is 7.44. The summed E-state index contributed by atoms with van der Waals surface area (Å²) in [5, 5.41) is 3.77. The van der Waals surface area contributed by atoms with Crippen molar-refractivity contribution < 1.29 is 26.1 Å². The van der Waals surface area contributed by atoms with E-state index < -0.39 is 20.0 Å². The molecule has 0 atom stereocenters. The van der Waals surface area contributed by atoms with Gasteiger partial charge >= 0.3 is 0 Å². The molecule has 1 aromatic rings. The number of rotatable bonds is 9. The van der Waals surface area contributed by atoms with Gasteiger partial charge in [0.05, 0.1) is 18.1 Å². The van der Waals surface area contributed by atoms with Crippen molar-refractivity contribution in [3.8, 4) is 0 Å². The van der Waals surface area contributed by atoms with Crippen molar-refractivity contribution in [3.05, 3.63) is 11.7 Å². The van der Waals surface area contributed by atoms with Gasteiger partial charge < -0.3 is 9.26 Å². The summed E-state index contributed by atoms with van der Waals surface area (Å²) in [6.07, 6.45) is 1.38. The highest BCUT2D eigenvalue weighted by Gasteiger charge is 2.41. The number of methoxy groups -OCH3 is 1. The van der Waals surface area contributed by atoms with Crippen molar-refractivity contribution in [1.29, 1.82) is 0 Å². The Hall–Kier alpha value is -1.08. The molecule has 1 aromatic heterocycles. The minimum absolute atomic E-state index is 0.00370. The maximum Gasteiger partial charge on any atom is 0.252 e. The molecule has 1 fully saturated rings. The Morgan fingerprint density at radius 1 is 1.33 bits per heavy atom. The summed E-state index contributed by atoms with van der Waals surface area (Å²) < 4.78 is 59.9. The van der Waals surface area contributed by atoms with Crippen LogP contribution in [0.25, 0.3) is 0 Å². The van der Waals surface area contributed by atoms with Gasteiger partial charge in [-0.15, -0.1) is 0 Å². The Kier molecular flexibility index (Phi) is 5.96. The van der Waals surface area contributed by atoms with Gasteiger partial charge in [-0.3, -0.25) is 0 Å². The third-order valence-electron chi connectivity index (χ3n) is 3.75. The lowest BCUT2D eigenvalue weighted by atomic mass is 10.2. The van der Waals surface area contributed by atoms with Crippen molar-refractivity contribution >= 4 is 20.0 Å². The summed E-state index contributed by atoms with van der Waals surface area (Å²) in [7, 11) is -5.26. The van der Waals surface area contributed by atoms with Gasteiger partial charge in [0.25, 0.3) is 5.89 Å². The van der Waals surface area contributed by atoms with Crippen LogP contribution in [-0.4, -0.2) is 80.4 Å². The molecule has 1 aliphatic heterocycles. The molecule has 0 amide bonds. The first kappa shape index (κ1) is 19.2. The molecule has 10 nitrogen and oxygen atoms in total. The van der Waals surface area contributed by atoms with Gasteiger partial charge in [0.15, 0.2) is 5.82 Å². The minimum Gasteiger partial charge on any atom is -0.375 e. The van der Waals surface area contributed by atoms with Gasteiger partial charge in [0.1, 0.15) is 6.61 Å². The third kappa shape index (κ3) is 4.51. The number of aromatic nitrogens is 2. The van der Waals surface area contributed by atoms with Crippen molar-refractivity contribution in [1.82, 2.24) is 18.8 Å². The number of nitrogens with zero attached hydrogens (tertiary/aromatic N) is 4. The monoisotopic (exact) mass is 382 g/mol. The molecule has 0 N–H and O–H groups in total. The lowest BCUT2D eigenvalue weighted by Gasteiger charge is -2.43. The van der Waals surface area contributed by atoms with Crippen molar-refractivity contribution in [3.63, 3.8) is 0 Å². The summed E-state index contributed by atoms with van der Waals surface area (Å²) in [5.74, 6) is 0.708. The highest BCUT2D eigenvalue weighted by Crippen LogP contribution is 2.21. The summed E-state index contributed by atoms with van der Waals surface area (Å²) in [6.45, 7) is 2.25. The zero-order valence-corrected chi connectivity index (χ0v) is 15.5. The van der Waals surface area contributed by atoms with Gasteiger partial charge in [0.2, 0.25) is 20.0 Å². The van der Waals surface area contributed by atoms with Crippen molar-refractivity contribution in [2.45, 2.75) is 26.0 Å². The molecular formula is C12H22N4O6S2. The molecule has 1 aliphatic rings.